The average molecular weight is 434 g/mol. The van der Waals surface area contributed by atoms with Crippen LogP contribution in [-0.4, -0.2) is 45.0 Å². The standard InChI is InChI=1S/C21H21F3N4O3/c1-2-31-19-14(9-17(29)16-4-3-5-18(26-16)21(22,23)24)10-28-11-15(25-20(28)27-19)8-13-6-7-30-12-13/h3-5,10-11,13H,2,6-9,12H2,1H3. The fourth-order valence-corrected chi connectivity index (χ4v) is 3.53. The smallest absolute Gasteiger partial charge is 0.433 e. The zero-order chi connectivity index (χ0) is 22.0. The minimum absolute atomic E-state index is 0.198. The Kier molecular flexibility index (Phi) is 5.90. The number of halogens is 3. The van der Waals surface area contributed by atoms with Gasteiger partial charge >= 0.3 is 6.18 Å². The molecule has 4 heterocycles. The summed E-state index contributed by atoms with van der Waals surface area (Å²) >= 11 is 0. The molecule has 0 radical (unpaired) electrons. The number of fused-ring (bicyclic) bond motifs is 1. The maximum Gasteiger partial charge on any atom is 0.433 e. The fourth-order valence-electron chi connectivity index (χ4n) is 3.53. The molecule has 164 valence electrons. The van der Waals surface area contributed by atoms with Gasteiger partial charge in [-0.3, -0.25) is 9.20 Å². The Labute approximate surface area is 176 Å². The summed E-state index contributed by atoms with van der Waals surface area (Å²) in [4.78, 5) is 25.1. The van der Waals surface area contributed by atoms with E-state index in [9.17, 15) is 18.0 Å². The molecule has 1 aliphatic heterocycles. The molecule has 0 aliphatic carbocycles. The van der Waals surface area contributed by atoms with E-state index >= 15 is 0 Å². The van der Waals surface area contributed by atoms with Gasteiger partial charge in [-0.25, -0.2) is 9.97 Å². The molecule has 1 fully saturated rings. The number of carbonyl (C=O) groups is 1. The highest BCUT2D eigenvalue weighted by atomic mass is 19.4. The number of Topliss-reactive ketones (excluding diaryl/α,β-unsaturated/α-hetero) is 1. The molecule has 0 bridgehead atoms. The van der Waals surface area contributed by atoms with E-state index in [2.05, 4.69) is 15.0 Å². The van der Waals surface area contributed by atoms with Crippen LogP contribution in [0.5, 0.6) is 5.88 Å². The molecule has 7 nitrogen and oxygen atoms in total. The number of hydrogen-bond donors (Lipinski definition) is 0. The first-order chi connectivity index (χ1) is 14.8. The van der Waals surface area contributed by atoms with Crippen LogP contribution in [0.1, 0.15) is 40.8 Å². The molecule has 0 saturated carbocycles. The van der Waals surface area contributed by atoms with Gasteiger partial charge in [-0.05, 0) is 37.8 Å². The Morgan fingerprint density at radius 2 is 2.10 bits per heavy atom. The molecule has 0 amide bonds. The largest absolute Gasteiger partial charge is 0.478 e. The highest BCUT2D eigenvalue weighted by molar-refractivity contribution is 5.96. The van der Waals surface area contributed by atoms with Crippen molar-refractivity contribution in [1.29, 1.82) is 0 Å². The number of carbonyl (C=O) groups excluding carboxylic acids is 1. The Morgan fingerprint density at radius 1 is 1.26 bits per heavy atom. The lowest BCUT2D eigenvalue weighted by Crippen LogP contribution is -2.14. The SMILES string of the molecule is CCOc1nc2nc(CC3CCOC3)cn2cc1CC(=O)c1cccc(C(F)(F)F)n1. The van der Waals surface area contributed by atoms with Crippen LogP contribution < -0.4 is 4.74 Å². The quantitative estimate of drug-likeness (QED) is 0.530. The maximum atomic E-state index is 12.9. The van der Waals surface area contributed by atoms with Crippen LogP contribution in [0, 0.1) is 5.92 Å². The number of hydrogen-bond acceptors (Lipinski definition) is 6. The number of nitrogens with zero attached hydrogens (tertiary/aromatic N) is 4. The van der Waals surface area contributed by atoms with Gasteiger partial charge in [0.1, 0.15) is 11.4 Å². The summed E-state index contributed by atoms with van der Waals surface area (Å²) in [6, 6.07) is 3.27. The second-order valence-electron chi connectivity index (χ2n) is 7.38. The molecular formula is C21H21F3N4O3. The van der Waals surface area contributed by atoms with Crippen molar-refractivity contribution in [3.63, 3.8) is 0 Å². The maximum absolute atomic E-state index is 12.9. The van der Waals surface area contributed by atoms with Gasteiger partial charge in [-0.15, -0.1) is 0 Å². The van der Waals surface area contributed by atoms with Crippen molar-refractivity contribution in [2.24, 2.45) is 5.92 Å². The topological polar surface area (TPSA) is 78.6 Å². The summed E-state index contributed by atoms with van der Waals surface area (Å²) in [5.41, 5.74) is -0.0581. The molecule has 1 unspecified atom stereocenters. The molecule has 0 aromatic carbocycles. The molecule has 1 saturated heterocycles. The van der Waals surface area contributed by atoms with E-state index < -0.39 is 17.7 Å². The van der Waals surface area contributed by atoms with Gasteiger partial charge in [0.15, 0.2) is 5.78 Å². The lowest BCUT2D eigenvalue weighted by atomic mass is 10.0. The van der Waals surface area contributed by atoms with Crippen molar-refractivity contribution < 1.29 is 27.4 Å². The van der Waals surface area contributed by atoms with Crippen molar-refractivity contribution in [2.75, 3.05) is 19.8 Å². The highest BCUT2D eigenvalue weighted by Gasteiger charge is 2.33. The molecule has 0 spiro atoms. The summed E-state index contributed by atoms with van der Waals surface area (Å²) in [5, 5.41) is 0. The highest BCUT2D eigenvalue weighted by Crippen LogP contribution is 2.28. The number of ether oxygens (including phenoxy) is 2. The third-order valence-electron chi connectivity index (χ3n) is 5.01. The molecule has 31 heavy (non-hydrogen) atoms. The Morgan fingerprint density at radius 3 is 2.81 bits per heavy atom. The van der Waals surface area contributed by atoms with Gasteiger partial charge in [0.25, 0.3) is 0 Å². The van der Waals surface area contributed by atoms with Crippen molar-refractivity contribution in [3.05, 3.63) is 53.2 Å². The fraction of sp³-hybridized carbons (Fsp3) is 0.429. The third-order valence-corrected chi connectivity index (χ3v) is 5.01. The van der Waals surface area contributed by atoms with Crippen LogP contribution >= 0.6 is 0 Å². The number of aromatic nitrogens is 4. The van der Waals surface area contributed by atoms with Crippen molar-refractivity contribution >= 4 is 11.6 Å². The van der Waals surface area contributed by atoms with Gasteiger partial charge in [0.2, 0.25) is 11.7 Å². The van der Waals surface area contributed by atoms with Crippen LogP contribution in [0.15, 0.2) is 30.6 Å². The Bertz CT molecular complexity index is 1090. The zero-order valence-corrected chi connectivity index (χ0v) is 16.9. The van der Waals surface area contributed by atoms with Gasteiger partial charge in [-0.1, -0.05) is 6.07 Å². The molecule has 1 atom stereocenters. The molecule has 3 aromatic heterocycles. The first-order valence-electron chi connectivity index (χ1n) is 9.99. The van der Waals surface area contributed by atoms with Crippen LogP contribution in [0.2, 0.25) is 0 Å². The second kappa shape index (κ2) is 8.62. The number of imidazole rings is 1. The predicted octanol–water partition coefficient (Wildman–Crippen LogP) is 3.55. The third kappa shape index (κ3) is 4.84. The van der Waals surface area contributed by atoms with Crippen molar-refractivity contribution in [1.82, 2.24) is 19.4 Å². The van der Waals surface area contributed by atoms with E-state index in [-0.39, 0.29) is 18.0 Å². The lowest BCUT2D eigenvalue weighted by Gasteiger charge is -2.10. The van der Waals surface area contributed by atoms with E-state index in [0.29, 0.717) is 30.5 Å². The summed E-state index contributed by atoms with van der Waals surface area (Å²) < 4.78 is 51.4. The monoisotopic (exact) mass is 434 g/mol. The van der Waals surface area contributed by atoms with E-state index in [1.165, 1.54) is 12.1 Å². The average Bonchev–Trinajstić information content (AvgIpc) is 3.37. The molecule has 3 aromatic rings. The van der Waals surface area contributed by atoms with Crippen LogP contribution in [0.3, 0.4) is 0 Å². The molecule has 0 N–H and O–H groups in total. The summed E-state index contributed by atoms with van der Waals surface area (Å²) in [6.07, 6.45) is 0.444. The van der Waals surface area contributed by atoms with E-state index in [0.717, 1.165) is 31.2 Å². The van der Waals surface area contributed by atoms with Crippen LogP contribution in [-0.2, 0) is 23.8 Å². The number of pyridine rings is 1. The minimum Gasteiger partial charge on any atom is -0.478 e. The second-order valence-corrected chi connectivity index (χ2v) is 7.38. The number of rotatable bonds is 7. The zero-order valence-electron chi connectivity index (χ0n) is 16.9. The van der Waals surface area contributed by atoms with Gasteiger partial charge in [0.05, 0.1) is 12.3 Å². The lowest BCUT2D eigenvalue weighted by molar-refractivity contribution is -0.141. The first kappa shape index (κ1) is 21.2. The van der Waals surface area contributed by atoms with Gasteiger partial charge < -0.3 is 9.47 Å². The Balaban J connectivity index is 1.61. The van der Waals surface area contributed by atoms with Crippen LogP contribution in [0.25, 0.3) is 5.78 Å². The summed E-state index contributed by atoms with van der Waals surface area (Å²) in [7, 11) is 0. The molecule has 4 rings (SSSR count). The summed E-state index contributed by atoms with van der Waals surface area (Å²) in [6.45, 7) is 3.55. The van der Waals surface area contributed by atoms with Crippen molar-refractivity contribution in [2.45, 2.75) is 32.4 Å². The van der Waals surface area contributed by atoms with E-state index in [4.69, 9.17) is 9.47 Å². The van der Waals surface area contributed by atoms with Crippen LogP contribution in [0.4, 0.5) is 13.2 Å². The van der Waals surface area contributed by atoms with E-state index in [1.807, 2.05) is 6.20 Å². The van der Waals surface area contributed by atoms with Gasteiger partial charge in [-0.2, -0.15) is 18.2 Å². The Hall–Kier alpha value is -3.01. The van der Waals surface area contributed by atoms with Crippen molar-refractivity contribution in [3.8, 4) is 5.88 Å². The normalized spacial score (nSPS) is 16.7. The molecular weight excluding hydrogens is 413 g/mol. The van der Waals surface area contributed by atoms with Gasteiger partial charge in [0, 0.05) is 37.6 Å². The predicted molar refractivity (Wildman–Crippen MR) is 104 cm³/mol. The van der Waals surface area contributed by atoms with E-state index in [1.54, 1.807) is 17.5 Å². The molecule has 1 aliphatic rings. The first-order valence-corrected chi connectivity index (χ1v) is 9.99. The number of ketones is 1. The minimum atomic E-state index is -4.62. The summed E-state index contributed by atoms with van der Waals surface area (Å²) in [5.74, 6) is 0.517. The number of alkyl halides is 3. The molecule has 10 heteroatoms.